The molecule has 0 amide bonds. The minimum Gasteiger partial charge on any atom is -0.358 e. The molecule has 0 bridgehead atoms. The van der Waals surface area contributed by atoms with Crippen LogP contribution in [-0.4, -0.2) is 16.3 Å². The SMILES string of the molecule is CCn1c(=O)c(C#N)cc2c1=NC(SC)NC=2C. The van der Waals surface area contributed by atoms with Crippen LogP contribution in [0.5, 0.6) is 0 Å². The Balaban J connectivity index is 2.94. The van der Waals surface area contributed by atoms with Gasteiger partial charge < -0.3 is 5.32 Å². The molecule has 1 aliphatic heterocycles. The number of rotatable bonds is 2. The topological polar surface area (TPSA) is 70.2 Å². The number of fused-ring (bicyclic) bond motifs is 1. The molecule has 18 heavy (non-hydrogen) atoms. The van der Waals surface area contributed by atoms with Crippen LogP contribution in [0.1, 0.15) is 19.4 Å². The molecule has 1 unspecified atom stereocenters. The maximum atomic E-state index is 12.0. The molecule has 0 saturated heterocycles. The number of aromatic nitrogens is 1. The van der Waals surface area contributed by atoms with E-state index in [1.165, 1.54) is 0 Å². The Morgan fingerprint density at radius 2 is 2.39 bits per heavy atom. The molecule has 0 saturated carbocycles. The van der Waals surface area contributed by atoms with Gasteiger partial charge in [-0.05, 0) is 26.2 Å². The number of nitrogens with one attached hydrogen (secondary N) is 1. The Labute approximate surface area is 109 Å². The van der Waals surface area contributed by atoms with Crippen molar-refractivity contribution in [1.82, 2.24) is 9.88 Å². The van der Waals surface area contributed by atoms with E-state index < -0.39 is 0 Å². The fraction of sp³-hybridized carbons (Fsp3) is 0.417. The highest BCUT2D eigenvalue weighted by atomic mass is 32.2. The van der Waals surface area contributed by atoms with Gasteiger partial charge in [-0.25, -0.2) is 4.99 Å². The third-order valence-electron chi connectivity index (χ3n) is 2.90. The maximum Gasteiger partial charge on any atom is 0.270 e. The van der Waals surface area contributed by atoms with Crippen molar-refractivity contribution in [1.29, 1.82) is 5.26 Å². The van der Waals surface area contributed by atoms with Gasteiger partial charge in [0.25, 0.3) is 5.56 Å². The lowest BCUT2D eigenvalue weighted by atomic mass is 10.2. The summed E-state index contributed by atoms with van der Waals surface area (Å²) in [6.07, 6.45) is 1.96. The van der Waals surface area contributed by atoms with E-state index in [1.807, 2.05) is 26.2 Å². The van der Waals surface area contributed by atoms with Gasteiger partial charge in [0, 0.05) is 17.5 Å². The number of nitriles is 1. The Morgan fingerprint density at radius 3 is 2.94 bits per heavy atom. The molecule has 0 aromatic carbocycles. The number of pyridine rings is 1. The molecule has 2 heterocycles. The Morgan fingerprint density at radius 1 is 1.67 bits per heavy atom. The molecule has 5 nitrogen and oxygen atoms in total. The van der Waals surface area contributed by atoms with Crippen LogP contribution in [0.2, 0.25) is 0 Å². The van der Waals surface area contributed by atoms with Gasteiger partial charge in [0.1, 0.15) is 17.1 Å². The van der Waals surface area contributed by atoms with Crippen LogP contribution >= 0.6 is 11.8 Å². The van der Waals surface area contributed by atoms with Crippen LogP contribution in [0.3, 0.4) is 0 Å². The number of thioether (sulfide) groups is 1. The summed E-state index contributed by atoms with van der Waals surface area (Å²) in [5.74, 6) is 0. The fourth-order valence-electron chi connectivity index (χ4n) is 1.96. The van der Waals surface area contributed by atoms with Crippen molar-refractivity contribution in [3.63, 3.8) is 0 Å². The zero-order valence-corrected chi connectivity index (χ0v) is 11.3. The first-order valence-electron chi connectivity index (χ1n) is 5.64. The molecule has 2 rings (SSSR count). The smallest absolute Gasteiger partial charge is 0.270 e. The molecule has 1 aromatic rings. The third-order valence-corrected chi connectivity index (χ3v) is 3.57. The molecule has 0 aliphatic carbocycles. The minimum absolute atomic E-state index is 0.0809. The summed E-state index contributed by atoms with van der Waals surface area (Å²) >= 11 is 1.57. The molecule has 1 aliphatic rings. The quantitative estimate of drug-likeness (QED) is 0.797. The molecule has 1 atom stereocenters. The highest BCUT2D eigenvalue weighted by Gasteiger charge is 2.14. The molecule has 6 heteroatoms. The van der Waals surface area contributed by atoms with Gasteiger partial charge >= 0.3 is 0 Å². The van der Waals surface area contributed by atoms with Crippen LogP contribution in [0.4, 0.5) is 0 Å². The van der Waals surface area contributed by atoms with Crippen molar-refractivity contribution in [2.75, 3.05) is 6.26 Å². The van der Waals surface area contributed by atoms with Crippen molar-refractivity contribution < 1.29 is 0 Å². The second kappa shape index (κ2) is 4.86. The summed E-state index contributed by atoms with van der Waals surface area (Å²) in [7, 11) is 0. The summed E-state index contributed by atoms with van der Waals surface area (Å²) in [4.78, 5) is 16.6. The lowest BCUT2D eigenvalue weighted by Crippen LogP contribution is -2.50. The third kappa shape index (κ3) is 1.91. The molecular formula is C12H14N4OS. The van der Waals surface area contributed by atoms with E-state index in [0.717, 1.165) is 10.9 Å². The molecule has 0 radical (unpaired) electrons. The van der Waals surface area contributed by atoms with E-state index >= 15 is 0 Å². The van der Waals surface area contributed by atoms with Gasteiger partial charge in [-0.15, -0.1) is 11.8 Å². The van der Waals surface area contributed by atoms with E-state index in [1.54, 1.807) is 22.4 Å². The van der Waals surface area contributed by atoms with E-state index in [4.69, 9.17) is 5.26 Å². The average Bonchev–Trinajstić information content (AvgIpc) is 2.38. The van der Waals surface area contributed by atoms with Crippen molar-refractivity contribution in [3.05, 3.63) is 32.7 Å². The summed E-state index contributed by atoms with van der Waals surface area (Å²) < 4.78 is 1.56. The van der Waals surface area contributed by atoms with Crippen LogP contribution in [-0.2, 0) is 6.54 Å². The molecular weight excluding hydrogens is 248 g/mol. The largest absolute Gasteiger partial charge is 0.358 e. The van der Waals surface area contributed by atoms with Crippen molar-refractivity contribution in [2.45, 2.75) is 25.9 Å². The molecule has 1 N–H and O–H groups in total. The first-order valence-corrected chi connectivity index (χ1v) is 6.93. The Hall–Kier alpha value is -1.74. The van der Waals surface area contributed by atoms with Crippen molar-refractivity contribution in [3.8, 4) is 6.07 Å². The number of hydrogen-bond donors (Lipinski definition) is 1. The van der Waals surface area contributed by atoms with E-state index in [0.29, 0.717) is 12.0 Å². The highest BCUT2D eigenvalue weighted by Crippen LogP contribution is 2.07. The fourth-order valence-corrected chi connectivity index (χ4v) is 2.46. The van der Waals surface area contributed by atoms with Crippen LogP contribution in [0.25, 0.3) is 5.70 Å². The molecule has 1 aromatic heterocycles. The minimum atomic E-state index is -0.267. The van der Waals surface area contributed by atoms with Gasteiger partial charge in [0.05, 0.1) is 0 Å². The lowest BCUT2D eigenvalue weighted by molar-refractivity contribution is 0.639. The zero-order valence-electron chi connectivity index (χ0n) is 10.5. The molecule has 0 fully saturated rings. The van der Waals surface area contributed by atoms with Gasteiger partial charge in [-0.3, -0.25) is 9.36 Å². The summed E-state index contributed by atoms with van der Waals surface area (Å²) in [5, 5.41) is 13.1. The predicted octanol–water partition coefficient (Wildman–Crippen LogP) is -0.263. The van der Waals surface area contributed by atoms with Crippen molar-refractivity contribution >= 4 is 17.5 Å². The maximum absolute atomic E-state index is 12.0. The first-order chi connectivity index (χ1) is 8.62. The van der Waals surface area contributed by atoms with E-state index in [2.05, 4.69) is 10.3 Å². The molecule has 0 spiro atoms. The Bertz CT molecular complexity index is 699. The van der Waals surface area contributed by atoms with Gasteiger partial charge in [-0.1, -0.05) is 0 Å². The lowest BCUT2D eigenvalue weighted by Gasteiger charge is -2.19. The number of nitrogens with zero attached hydrogens (tertiary/aromatic N) is 3. The second-order valence-corrected chi connectivity index (χ2v) is 4.86. The predicted molar refractivity (Wildman–Crippen MR) is 71.4 cm³/mol. The highest BCUT2D eigenvalue weighted by molar-refractivity contribution is 7.99. The standard InChI is InChI=1S/C12H14N4OS/c1-4-16-10-9(5-8(6-13)11(16)17)7(2)14-12(15-10)18-3/h5,12,14H,4H2,1-3H3. The van der Waals surface area contributed by atoms with Crippen molar-refractivity contribution in [2.24, 2.45) is 4.99 Å². The van der Waals surface area contributed by atoms with Gasteiger partial charge in [0.15, 0.2) is 5.50 Å². The van der Waals surface area contributed by atoms with E-state index in [9.17, 15) is 4.79 Å². The monoisotopic (exact) mass is 262 g/mol. The first kappa shape index (κ1) is 12.7. The summed E-state index contributed by atoms with van der Waals surface area (Å²) in [6, 6.07) is 3.56. The van der Waals surface area contributed by atoms with E-state index in [-0.39, 0.29) is 16.6 Å². The van der Waals surface area contributed by atoms with Crippen LogP contribution < -0.4 is 21.6 Å². The summed E-state index contributed by atoms with van der Waals surface area (Å²) in [5.41, 5.74) is 1.42. The van der Waals surface area contributed by atoms with Crippen LogP contribution in [0, 0.1) is 11.3 Å². The average molecular weight is 262 g/mol. The normalized spacial score (nSPS) is 17.4. The molecule has 94 valence electrons. The summed E-state index contributed by atoms with van der Waals surface area (Å²) in [6.45, 7) is 4.32. The van der Waals surface area contributed by atoms with Gasteiger partial charge in [0.2, 0.25) is 0 Å². The second-order valence-electron chi connectivity index (χ2n) is 3.94. The number of hydrogen-bond acceptors (Lipinski definition) is 5. The zero-order chi connectivity index (χ0) is 13.3. The van der Waals surface area contributed by atoms with Crippen LogP contribution in [0.15, 0.2) is 15.9 Å². The van der Waals surface area contributed by atoms with Gasteiger partial charge in [-0.2, -0.15) is 5.26 Å². The Kier molecular flexibility index (Phi) is 3.43.